The molecule has 0 unspecified atom stereocenters. The molecule has 0 fully saturated rings. The maximum absolute atomic E-state index is 13.5. The van der Waals surface area contributed by atoms with Crippen molar-refractivity contribution in [1.29, 1.82) is 0 Å². The third-order valence-corrected chi connectivity index (χ3v) is 7.20. The van der Waals surface area contributed by atoms with E-state index in [2.05, 4.69) is 44.0 Å². The van der Waals surface area contributed by atoms with Crippen LogP contribution in [0.5, 0.6) is 5.75 Å². The lowest BCUT2D eigenvalue weighted by Gasteiger charge is -2.37. The van der Waals surface area contributed by atoms with Gasteiger partial charge in [0.25, 0.3) is 0 Å². The third kappa shape index (κ3) is 7.90. The second-order valence-electron chi connectivity index (χ2n) is 9.71. The molecule has 0 radical (unpaired) electrons. The van der Waals surface area contributed by atoms with Gasteiger partial charge in [0.2, 0.25) is 5.91 Å². The van der Waals surface area contributed by atoms with E-state index < -0.39 is 6.10 Å². The van der Waals surface area contributed by atoms with Crippen molar-refractivity contribution in [3.05, 3.63) is 64.4 Å². The van der Waals surface area contributed by atoms with E-state index in [4.69, 9.17) is 9.47 Å². The lowest BCUT2D eigenvalue weighted by Crippen LogP contribution is -2.48. The summed E-state index contributed by atoms with van der Waals surface area (Å²) in [5.74, 6) is 1.31. The van der Waals surface area contributed by atoms with Crippen LogP contribution in [0.25, 0.3) is 0 Å². The highest BCUT2D eigenvalue weighted by Crippen LogP contribution is 2.34. The average Bonchev–Trinajstić information content (AvgIpc) is 3.30. The number of ether oxygens (including phenoxy) is 2. The largest absolute Gasteiger partial charge is 0.491 e. The number of aliphatic hydroxyl groups excluding tert-OH is 1. The zero-order valence-corrected chi connectivity index (χ0v) is 22.3. The standard InChI is InChI=1S/C28H40N2O4S/c1-6-13-29(16-23(31)18-33-21(4)5)17-28(32)30-14-11-27-25(12-15-35-27)26(30)19-34-24-9-7-22(8-10-24)20(2)3/h6-10,12,15,20-21,23,26,31H,1,11,13-14,16-19H2,2-5H3/t23-,26+/m0/s1. The molecule has 6 nitrogen and oxygen atoms in total. The van der Waals surface area contributed by atoms with Gasteiger partial charge >= 0.3 is 0 Å². The van der Waals surface area contributed by atoms with Crippen LogP contribution in [0.4, 0.5) is 0 Å². The Labute approximate surface area is 214 Å². The summed E-state index contributed by atoms with van der Waals surface area (Å²) in [6.07, 6.45) is 2.00. The van der Waals surface area contributed by atoms with E-state index >= 15 is 0 Å². The molecule has 1 aromatic carbocycles. The molecule has 0 saturated carbocycles. The van der Waals surface area contributed by atoms with Gasteiger partial charge in [-0.1, -0.05) is 32.1 Å². The molecule has 0 saturated heterocycles. The maximum Gasteiger partial charge on any atom is 0.237 e. The Morgan fingerprint density at radius 3 is 2.66 bits per heavy atom. The number of hydrogen-bond donors (Lipinski definition) is 1. The fourth-order valence-electron chi connectivity index (χ4n) is 4.32. The van der Waals surface area contributed by atoms with Crippen LogP contribution in [0.1, 0.15) is 55.7 Å². The summed E-state index contributed by atoms with van der Waals surface area (Å²) < 4.78 is 11.7. The molecule has 1 amide bonds. The van der Waals surface area contributed by atoms with E-state index in [1.807, 2.05) is 35.8 Å². The lowest BCUT2D eigenvalue weighted by molar-refractivity contribution is -0.136. The van der Waals surface area contributed by atoms with Crippen molar-refractivity contribution in [2.24, 2.45) is 0 Å². The highest BCUT2D eigenvalue weighted by molar-refractivity contribution is 7.10. The van der Waals surface area contributed by atoms with Gasteiger partial charge in [-0.3, -0.25) is 9.69 Å². The van der Waals surface area contributed by atoms with Gasteiger partial charge in [-0.2, -0.15) is 0 Å². The Morgan fingerprint density at radius 1 is 1.26 bits per heavy atom. The average molecular weight is 501 g/mol. The van der Waals surface area contributed by atoms with Gasteiger partial charge in [0.1, 0.15) is 12.4 Å². The van der Waals surface area contributed by atoms with Crippen molar-refractivity contribution < 1.29 is 19.4 Å². The molecular formula is C28H40N2O4S. The molecule has 3 rings (SSSR count). The van der Waals surface area contributed by atoms with Gasteiger partial charge in [0, 0.05) is 24.5 Å². The molecule has 2 atom stereocenters. The van der Waals surface area contributed by atoms with E-state index in [0.29, 0.717) is 32.2 Å². The molecule has 2 aromatic rings. The second-order valence-corrected chi connectivity index (χ2v) is 10.7. The zero-order valence-electron chi connectivity index (χ0n) is 21.5. The Kier molecular flexibility index (Phi) is 10.3. The van der Waals surface area contributed by atoms with Crippen molar-refractivity contribution in [3.63, 3.8) is 0 Å². The first-order chi connectivity index (χ1) is 16.8. The predicted octanol–water partition coefficient (Wildman–Crippen LogP) is 4.65. The molecule has 1 aliphatic rings. The van der Waals surface area contributed by atoms with Crippen molar-refractivity contribution in [1.82, 2.24) is 9.80 Å². The molecule has 7 heteroatoms. The topological polar surface area (TPSA) is 62.2 Å². The van der Waals surface area contributed by atoms with Crippen molar-refractivity contribution in [2.45, 2.75) is 58.3 Å². The minimum Gasteiger partial charge on any atom is -0.491 e. The number of rotatable bonds is 13. The van der Waals surface area contributed by atoms with E-state index in [9.17, 15) is 9.90 Å². The van der Waals surface area contributed by atoms with Crippen LogP contribution in [-0.2, 0) is 16.0 Å². The molecular weight excluding hydrogens is 460 g/mol. The Hall–Kier alpha value is -2.19. The fourth-order valence-corrected chi connectivity index (χ4v) is 5.25. The van der Waals surface area contributed by atoms with Crippen molar-refractivity contribution >= 4 is 17.2 Å². The number of thiophene rings is 1. The zero-order chi connectivity index (χ0) is 25.4. The smallest absolute Gasteiger partial charge is 0.237 e. The fraction of sp³-hybridized carbons (Fsp3) is 0.536. The predicted molar refractivity (Wildman–Crippen MR) is 142 cm³/mol. The van der Waals surface area contributed by atoms with Crippen LogP contribution in [-0.4, -0.2) is 72.4 Å². The Morgan fingerprint density at radius 2 is 2.00 bits per heavy atom. The first-order valence-electron chi connectivity index (χ1n) is 12.5. The van der Waals surface area contributed by atoms with Gasteiger partial charge in [0.05, 0.1) is 31.4 Å². The maximum atomic E-state index is 13.5. The summed E-state index contributed by atoms with van der Waals surface area (Å²) in [7, 11) is 0. The van der Waals surface area contributed by atoms with Crippen LogP contribution in [0.2, 0.25) is 0 Å². The van der Waals surface area contributed by atoms with Gasteiger partial charge < -0.3 is 19.5 Å². The highest BCUT2D eigenvalue weighted by atomic mass is 32.1. The number of aliphatic hydroxyl groups is 1. The number of hydrogen-bond acceptors (Lipinski definition) is 6. The minimum absolute atomic E-state index is 0.0319. The molecule has 0 bridgehead atoms. The van der Waals surface area contributed by atoms with Gasteiger partial charge in [-0.25, -0.2) is 0 Å². The van der Waals surface area contributed by atoms with Crippen LogP contribution in [0.15, 0.2) is 48.4 Å². The van der Waals surface area contributed by atoms with Crippen LogP contribution < -0.4 is 4.74 Å². The van der Waals surface area contributed by atoms with Gasteiger partial charge in [-0.05, 0) is 60.9 Å². The van der Waals surface area contributed by atoms with Crippen LogP contribution in [0.3, 0.4) is 0 Å². The van der Waals surface area contributed by atoms with Gasteiger partial charge in [0.15, 0.2) is 0 Å². The van der Waals surface area contributed by atoms with Crippen molar-refractivity contribution in [2.75, 3.05) is 39.4 Å². The SMILES string of the molecule is C=CCN(CC(=O)N1CCc2sccc2[C@H]1COc1ccc(C(C)C)cc1)C[C@H](O)COC(C)C. The molecule has 192 valence electrons. The molecule has 0 aliphatic carbocycles. The number of benzene rings is 1. The summed E-state index contributed by atoms with van der Waals surface area (Å²) in [5.41, 5.74) is 2.45. The summed E-state index contributed by atoms with van der Waals surface area (Å²) in [4.78, 5) is 18.7. The first-order valence-corrected chi connectivity index (χ1v) is 13.4. The molecule has 0 spiro atoms. The summed E-state index contributed by atoms with van der Waals surface area (Å²) >= 11 is 1.74. The van der Waals surface area contributed by atoms with Crippen LogP contribution >= 0.6 is 11.3 Å². The van der Waals surface area contributed by atoms with E-state index in [0.717, 1.165) is 12.2 Å². The number of fused-ring (bicyclic) bond motifs is 1. The number of carbonyl (C=O) groups is 1. The molecule has 1 aliphatic heterocycles. The first kappa shape index (κ1) is 27.4. The molecule has 1 aromatic heterocycles. The van der Waals surface area contributed by atoms with E-state index in [1.165, 1.54) is 16.0 Å². The molecule has 35 heavy (non-hydrogen) atoms. The molecule has 2 heterocycles. The number of carbonyl (C=O) groups excluding carboxylic acids is 1. The quantitative estimate of drug-likeness (QED) is 0.406. The third-order valence-electron chi connectivity index (χ3n) is 6.21. The van der Waals surface area contributed by atoms with E-state index in [-0.39, 0.29) is 31.2 Å². The van der Waals surface area contributed by atoms with Gasteiger partial charge in [-0.15, -0.1) is 17.9 Å². The minimum atomic E-state index is -0.664. The second kappa shape index (κ2) is 13.2. The van der Waals surface area contributed by atoms with Crippen molar-refractivity contribution in [3.8, 4) is 5.75 Å². The summed E-state index contributed by atoms with van der Waals surface area (Å²) in [6.45, 7) is 14.4. The summed E-state index contributed by atoms with van der Waals surface area (Å²) in [6, 6.07) is 10.2. The summed E-state index contributed by atoms with van der Waals surface area (Å²) in [5, 5.41) is 12.5. The number of nitrogens with zero attached hydrogens (tertiary/aromatic N) is 2. The number of amides is 1. The molecule has 1 N–H and O–H groups in total. The Bertz CT molecular complexity index is 941. The normalized spacial score (nSPS) is 16.6. The van der Waals surface area contributed by atoms with Crippen LogP contribution in [0, 0.1) is 0 Å². The Balaban J connectivity index is 1.68. The lowest BCUT2D eigenvalue weighted by atomic mass is 10.00. The monoisotopic (exact) mass is 500 g/mol. The highest BCUT2D eigenvalue weighted by Gasteiger charge is 2.33. The van der Waals surface area contributed by atoms with E-state index in [1.54, 1.807) is 17.4 Å².